The Labute approximate surface area is 85.0 Å². The molecule has 0 spiro atoms. The van der Waals surface area contributed by atoms with Gasteiger partial charge >= 0.3 is 0 Å². The van der Waals surface area contributed by atoms with Gasteiger partial charge in [-0.1, -0.05) is 26.0 Å². The van der Waals surface area contributed by atoms with Crippen LogP contribution in [0.1, 0.15) is 32.3 Å². The van der Waals surface area contributed by atoms with Crippen molar-refractivity contribution in [2.24, 2.45) is 0 Å². The van der Waals surface area contributed by atoms with Crippen LogP contribution in [0.4, 0.5) is 5.69 Å². The Hall–Kier alpha value is -1.18. The fourth-order valence-electron chi connectivity index (χ4n) is 2.17. The van der Waals surface area contributed by atoms with Gasteiger partial charge in [-0.2, -0.15) is 0 Å². The predicted molar refractivity (Wildman–Crippen MR) is 58.9 cm³/mol. The van der Waals surface area contributed by atoms with Gasteiger partial charge in [0, 0.05) is 6.54 Å². The number of rotatable bonds is 0. The van der Waals surface area contributed by atoms with Gasteiger partial charge in [0.05, 0.1) is 5.69 Å². The Morgan fingerprint density at radius 2 is 2.14 bits per heavy atom. The molecule has 0 fully saturated rings. The maximum atomic E-state index is 9.75. The van der Waals surface area contributed by atoms with E-state index in [0.717, 1.165) is 25.1 Å². The van der Waals surface area contributed by atoms with Gasteiger partial charge in [-0.3, -0.25) is 0 Å². The first-order valence-corrected chi connectivity index (χ1v) is 5.17. The average Bonchev–Trinajstić information content (AvgIpc) is 2.27. The van der Waals surface area contributed by atoms with E-state index in [0.29, 0.717) is 5.75 Å². The number of benzene rings is 1. The molecule has 2 N–H and O–H groups in total. The second-order valence-electron chi connectivity index (χ2n) is 4.61. The van der Waals surface area contributed by atoms with Gasteiger partial charge in [0.25, 0.3) is 0 Å². The summed E-state index contributed by atoms with van der Waals surface area (Å²) in [4.78, 5) is 0. The Bertz CT molecular complexity index is 344. The molecule has 76 valence electrons. The zero-order valence-corrected chi connectivity index (χ0v) is 8.80. The lowest BCUT2D eigenvalue weighted by Gasteiger charge is -2.25. The molecule has 0 aliphatic carbocycles. The van der Waals surface area contributed by atoms with Crippen molar-refractivity contribution >= 4 is 5.69 Å². The highest BCUT2D eigenvalue weighted by atomic mass is 16.3. The normalized spacial score (nSPS) is 19.3. The number of phenols is 1. The summed E-state index contributed by atoms with van der Waals surface area (Å²) in [6.07, 6.45) is 2.32. The van der Waals surface area contributed by atoms with Crippen LogP contribution in [-0.4, -0.2) is 11.7 Å². The minimum absolute atomic E-state index is 0.164. The van der Waals surface area contributed by atoms with E-state index in [-0.39, 0.29) is 5.41 Å². The predicted octanol–water partition coefficient (Wildman–Crippen LogP) is 2.88. The van der Waals surface area contributed by atoms with Gasteiger partial charge in [-0.05, 0) is 29.9 Å². The van der Waals surface area contributed by atoms with Crippen molar-refractivity contribution in [2.45, 2.75) is 32.1 Å². The zero-order chi connectivity index (χ0) is 10.2. The molecule has 1 aromatic rings. The largest absolute Gasteiger partial charge is 0.506 e. The lowest BCUT2D eigenvalue weighted by atomic mass is 9.80. The Balaban J connectivity index is 2.56. The molecule has 0 unspecified atom stereocenters. The third kappa shape index (κ3) is 1.45. The van der Waals surface area contributed by atoms with Crippen LogP contribution in [0, 0.1) is 0 Å². The van der Waals surface area contributed by atoms with E-state index in [1.54, 1.807) is 6.07 Å². The molecule has 14 heavy (non-hydrogen) atoms. The third-order valence-corrected chi connectivity index (χ3v) is 3.05. The highest BCUT2D eigenvalue weighted by Crippen LogP contribution is 2.40. The van der Waals surface area contributed by atoms with Crippen molar-refractivity contribution < 1.29 is 5.11 Å². The molecule has 2 rings (SSSR count). The molecule has 1 aliphatic rings. The van der Waals surface area contributed by atoms with E-state index in [1.165, 1.54) is 5.56 Å². The van der Waals surface area contributed by atoms with Crippen molar-refractivity contribution in [2.75, 3.05) is 11.9 Å². The van der Waals surface area contributed by atoms with Gasteiger partial charge < -0.3 is 10.4 Å². The summed E-state index contributed by atoms with van der Waals surface area (Å²) < 4.78 is 0. The summed E-state index contributed by atoms with van der Waals surface area (Å²) in [5, 5.41) is 13.1. The van der Waals surface area contributed by atoms with Crippen LogP contribution in [0.2, 0.25) is 0 Å². The molecule has 0 aromatic heterocycles. The van der Waals surface area contributed by atoms with E-state index < -0.39 is 0 Å². The molecule has 1 aliphatic heterocycles. The van der Waals surface area contributed by atoms with Crippen molar-refractivity contribution in [1.29, 1.82) is 0 Å². The molecule has 0 bridgehead atoms. The van der Waals surface area contributed by atoms with E-state index in [1.807, 2.05) is 6.07 Å². The van der Waals surface area contributed by atoms with E-state index in [2.05, 4.69) is 25.2 Å². The minimum Gasteiger partial charge on any atom is -0.506 e. The minimum atomic E-state index is 0.164. The van der Waals surface area contributed by atoms with E-state index >= 15 is 0 Å². The molecule has 2 heteroatoms. The maximum Gasteiger partial charge on any atom is 0.138 e. The number of hydrogen-bond donors (Lipinski definition) is 2. The first-order chi connectivity index (χ1) is 6.61. The molecule has 0 saturated heterocycles. The molecule has 1 aromatic carbocycles. The molecule has 0 saturated carbocycles. The molecule has 0 amide bonds. The first-order valence-electron chi connectivity index (χ1n) is 5.17. The molecule has 0 radical (unpaired) electrons. The van der Waals surface area contributed by atoms with Gasteiger partial charge in [-0.25, -0.2) is 0 Å². The second kappa shape index (κ2) is 3.19. The van der Waals surface area contributed by atoms with E-state index in [9.17, 15) is 5.11 Å². The maximum absolute atomic E-state index is 9.75. The quantitative estimate of drug-likeness (QED) is 0.618. The monoisotopic (exact) mass is 191 g/mol. The van der Waals surface area contributed by atoms with Gasteiger partial charge in [-0.15, -0.1) is 0 Å². The van der Waals surface area contributed by atoms with Gasteiger partial charge in [0.1, 0.15) is 5.75 Å². The van der Waals surface area contributed by atoms with Crippen LogP contribution in [0.25, 0.3) is 0 Å². The van der Waals surface area contributed by atoms with Crippen LogP contribution in [0.3, 0.4) is 0 Å². The summed E-state index contributed by atoms with van der Waals surface area (Å²) in [7, 11) is 0. The summed E-state index contributed by atoms with van der Waals surface area (Å²) >= 11 is 0. The van der Waals surface area contributed by atoms with E-state index in [4.69, 9.17) is 0 Å². The lowest BCUT2D eigenvalue weighted by molar-refractivity contribution is 0.464. The number of para-hydroxylation sites is 1. The number of aromatic hydroxyl groups is 1. The Kier molecular flexibility index (Phi) is 2.14. The molecular weight excluding hydrogens is 174 g/mol. The Morgan fingerprint density at radius 1 is 1.36 bits per heavy atom. The molecule has 2 nitrogen and oxygen atoms in total. The molecular formula is C12H17NO. The molecule has 0 atom stereocenters. The fraction of sp³-hybridized carbons (Fsp3) is 0.500. The average molecular weight is 191 g/mol. The summed E-state index contributed by atoms with van der Waals surface area (Å²) in [5.41, 5.74) is 2.32. The summed E-state index contributed by atoms with van der Waals surface area (Å²) in [6, 6.07) is 5.77. The molecule has 1 heterocycles. The summed E-state index contributed by atoms with van der Waals surface area (Å²) in [6.45, 7) is 5.42. The van der Waals surface area contributed by atoms with Crippen LogP contribution < -0.4 is 5.32 Å². The SMILES string of the molecule is CC1(C)CCCNc2c(O)cccc21. The highest BCUT2D eigenvalue weighted by Gasteiger charge is 2.26. The number of fused-ring (bicyclic) bond motifs is 1. The zero-order valence-electron chi connectivity index (χ0n) is 8.80. The van der Waals surface area contributed by atoms with Crippen molar-refractivity contribution in [3.63, 3.8) is 0 Å². The Morgan fingerprint density at radius 3 is 2.93 bits per heavy atom. The topological polar surface area (TPSA) is 32.3 Å². The summed E-state index contributed by atoms with van der Waals surface area (Å²) in [5.74, 6) is 0.373. The van der Waals surface area contributed by atoms with Crippen molar-refractivity contribution in [1.82, 2.24) is 0 Å². The van der Waals surface area contributed by atoms with Crippen LogP contribution in [-0.2, 0) is 5.41 Å². The third-order valence-electron chi connectivity index (χ3n) is 3.05. The van der Waals surface area contributed by atoms with Crippen LogP contribution in [0.15, 0.2) is 18.2 Å². The number of nitrogens with one attached hydrogen (secondary N) is 1. The lowest BCUT2D eigenvalue weighted by Crippen LogP contribution is -2.16. The van der Waals surface area contributed by atoms with Crippen LogP contribution in [0.5, 0.6) is 5.75 Å². The number of anilines is 1. The van der Waals surface area contributed by atoms with Gasteiger partial charge in [0.15, 0.2) is 0 Å². The van der Waals surface area contributed by atoms with Crippen molar-refractivity contribution in [3.05, 3.63) is 23.8 Å². The van der Waals surface area contributed by atoms with Gasteiger partial charge in [0.2, 0.25) is 0 Å². The number of hydrogen-bond acceptors (Lipinski definition) is 2. The smallest absolute Gasteiger partial charge is 0.138 e. The fourth-order valence-corrected chi connectivity index (χ4v) is 2.17. The van der Waals surface area contributed by atoms with Crippen LogP contribution >= 0.6 is 0 Å². The number of phenolic OH excluding ortho intramolecular Hbond substituents is 1. The first kappa shape index (κ1) is 9.38. The standard InChI is InChI=1S/C12H17NO/c1-12(2)7-4-8-13-11-9(12)5-3-6-10(11)14/h3,5-6,13-14H,4,7-8H2,1-2H3. The second-order valence-corrected chi connectivity index (χ2v) is 4.61. The highest BCUT2D eigenvalue weighted by molar-refractivity contribution is 5.64. The van der Waals surface area contributed by atoms with Crippen molar-refractivity contribution in [3.8, 4) is 5.75 Å².